The lowest BCUT2D eigenvalue weighted by Gasteiger charge is -2.39. The SMILES string of the molecule is CNc1cc(C(=O)N2[C@H](C)CCC[C@@H]2C)c([N+](=O)[O-])cn1. The van der Waals surface area contributed by atoms with Crippen molar-refractivity contribution in [3.05, 3.63) is 27.9 Å². The predicted octanol–water partition coefficient (Wildman–Crippen LogP) is 2.43. The van der Waals surface area contributed by atoms with E-state index in [2.05, 4.69) is 10.3 Å². The van der Waals surface area contributed by atoms with Crippen molar-refractivity contribution in [2.75, 3.05) is 12.4 Å². The fourth-order valence-electron chi connectivity index (χ4n) is 2.86. The number of hydrogen-bond donors (Lipinski definition) is 1. The first-order chi connectivity index (χ1) is 9.95. The van der Waals surface area contributed by atoms with Crippen LogP contribution in [0.25, 0.3) is 0 Å². The van der Waals surface area contributed by atoms with Gasteiger partial charge >= 0.3 is 0 Å². The van der Waals surface area contributed by atoms with Gasteiger partial charge < -0.3 is 10.2 Å². The van der Waals surface area contributed by atoms with Crippen molar-refractivity contribution < 1.29 is 9.72 Å². The Labute approximate surface area is 123 Å². The van der Waals surface area contributed by atoms with E-state index in [9.17, 15) is 14.9 Å². The molecule has 0 unspecified atom stereocenters. The molecule has 2 rings (SSSR count). The highest BCUT2D eigenvalue weighted by atomic mass is 16.6. The van der Waals surface area contributed by atoms with Gasteiger partial charge in [-0.15, -0.1) is 0 Å². The van der Waals surface area contributed by atoms with E-state index in [-0.39, 0.29) is 29.2 Å². The summed E-state index contributed by atoms with van der Waals surface area (Å²) < 4.78 is 0. The molecule has 0 spiro atoms. The second kappa shape index (κ2) is 6.07. The topological polar surface area (TPSA) is 88.4 Å². The summed E-state index contributed by atoms with van der Waals surface area (Å²) in [6.45, 7) is 3.97. The lowest BCUT2D eigenvalue weighted by molar-refractivity contribution is -0.385. The minimum absolute atomic E-state index is 0.0899. The van der Waals surface area contributed by atoms with Crippen LogP contribution in [0.4, 0.5) is 11.5 Å². The highest BCUT2D eigenvalue weighted by Crippen LogP contribution is 2.28. The van der Waals surface area contributed by atoms with Gasteiger partial charge in [-0.3, -0.25) is 14.9 Å². The number of piperidine rings is 1. The minimum Gasteiger partial charge on any atom is -0.373 e. The van der Waals surface area contributed by atoms with Crippen LogP contribution < -0.4 is 5.32 Å². The number of nitro groups is 1. The van der Waals surface area contributed by atoms with E-state index < -0.39 is 4.92 Å². The van der Waals surface area contributed by atoms with Crippen LogP contribution >= 0.6 is 0 Å². The molecule has 1 fully saturated rings. The molecule has 1 saturated heterocycles. The molecule has 0 saturated carbocycles. The summed E-state index contributed by atoms with van der Waals surface area (Å²) in [5.74, 6) is 0.154. The number of amides is 1. The molecular formula is C14H20N4O3. The highest BCUT2D eigenvalue weighted by molar-refractivity contribution is 5.99. The standard InChI is InChI=1S/C14H20N4O3/c1-9-5-4-6-10(2)17(9)14(19)11-7-13(15-3)16-8-12(11)18(20)21/h7-10H,4-6H2,1-3H3,(H,15,16)/t9-,10+. The van der Waals surface area contributed by atoms with Gasteiger partial charge in [0.15, 0.2) is 0 Å². The first-order valence-electron chi connectivity index (χ1n) is 7.10. The lowest BCUT2D eigenvalue weighted by atomic mass is 9.96. The maximum atomic E-state index is 12.8. The van der Waals surface area contributed by atoms with Crippen LogP contribution in [0.2, 0.25) is 0 Å². The summed E-state index contributed by atoms with van der Waals surface area (Å²) >= 11 is 0. The molecule has 0 radical (unpaired) electrons. The van der Waals surface area contributed by atoms with E-state index in [1.54, 1.807) is 11.9 Å². The second-order valence-corrected chi connectivity index (χ2v) is 5.44. The maximum absolute atomic E-state index is 12.8. The number of pyridine rings is 1. The number of nitrogens with zero attached hydrogens (tertiary/aromatic N) is 3. The highest BCUT2D eigenvalue weighted by Gasteiger charge is 2.33. The van der Waals surface area contributed by atoms with Crippen LogP contribution in [0.15, 0.2) is 12.3 Å². The predicted molar refractivity (Wildman–Crippen MR) is 79.4 cm³/mol. The van der Waals surface area contributed by atoms with E-state index >= 15 is 0 Å². The van der Waals surface area contributed by atoms with E-state index in [1.165, 1.54) is 6.07 Å². The summed E-state index contributed by atoms with van der Waals surface area (Å²) in [6, 6.07) is 1.63. The molecule has 0 aliphatic carbocycles. The summed E-state index contributed by atoms with van der Waals surface area (Å²) in [6.07, 6.45) is 4.06. The van der Waals surface area contributed by atoms with Gasteiger partial charge in [-0.1, -0.05) is 0 Å². The molecule has 0 aromatic carbocycles. The van der Waals surface area contributed by atoms with E-state index in [1.807, 2.05) is 13.8 Å². The monoisotopic (exact) mass is 292 g/mol. The van der Waals surface area contributed by atoms with Crippen molar-refractivity contribution in [1.29, 1.82) is 0 Å². The largest absolute Gasteiger partial charge is 0.373 e. The average molecular weight is 292 g/mol. The summed E-state index contributed by atoms with van der Waals surface area (Å²) in [7, 11) is 1.66. The first-order valence-corrected chi connectivity index (χ1v) is 7.10. The van der Waals surface area contributed by atoms with Gasteiger partial charge in [-0.25, -0.2) is 4.98 Å². The number of anilines is 1. The number of nitrogens with one attached hydrogen (secondary N) is 1. The number of aromatic nitrogens is 1. The zero-order valence-corrected chi connectivity index (χ0v) is 12.5. The van der Waals surface area contributed by atoms with Crippen LogP contribution in [0, 0.1) is 10.1 Å². The van der Waals surface area contributed by atoms with Gasteiger partial charge in [0.1, 0.15) is 17.6 Å². The Bertz CT molecular complexity index is 551. The van der Waals surface area contributed by atoms with E-state index in [0.717, 1.165) is 25.5 Å². The number of carbonyl (C=O) groups is 1. The third-order valence-corrected chi connectivity index (χ3v) is 3.99. The Kier molecular flexibility index (Phi) is 4.40. The van der Waals surface area contributed by atoms with Gasteiger partial charge in [0.25, 0.3) is 11.6 Å². The molecule has 2 atom stereocenters. The number of carbonyl (C=O) groups excluding carboxylic acids is 1. The van der Waals surface area contributed by atoms with Crippen molar-refractivity contribution in [3.63, 3.8) is 0 Å². The Morgan fingerprint density at radius 3 is 2.57 bits per heavy atom. The van der Waals surface area contributed by atoms with Crippen molar-refractivity contribution in [1.82, 2.24) is 9.88 Å². The van der Waals surface area contributed by atoms with Crippen LogP contribution in [0.1, 0.15) is 43.5 Å². The molecule has 0 bridgehead atoms. The quantitative estimate of drug-likeness (QED) is 0.682. The third-order valence-electron chi connectivity index (χ3n) is 3.99. The number of likely N-dealkylation sites (tertiary alicyclic amines) is 1. The van der Waals surface area contributed by atoms with Gasteiger partial charge in [0, 0.05) is 25.2 Å². The summed E-state index contributed by atoms with van der Waals surface area (Å²) in [4.78, 5) is 29.0. The zero-order valence-electron chi connectivity index (χ0n) is 12.5. The van der Waals surface area contributed by atoms with Crippen molar-refractivity contribution in [3.8, 4) is 0 Å². The van der Waals surface area contributed by atoms with Gasteiger partial charge in [0.05, 0.1) is 4.92 Å². The molecule has 1 aromatic rings. The van der Waals surface area contributed by atoms with Crippen LogP contribution in [-0.2, 0) is 0 Å². The summed E-state index contributed by atoms with van der Waals surface area (Å²) in [5.41, 5.74) is -0.149. The van der Waals surface area contributed by atoms with Crippen molar-refractivity contribution >= 4 is 17.4 Å². The molecule has 2 heterocycles. The minimum atomic E-state index is -0.557. The Morgan fingerprint density at radius 2 is 2.05 bits per heavy atom. The molecule has 7 heteroatoms. The maximum Gasteiger partial charge on any atom is 0.300 e. The fourth-order valence-corrected chi connectivity index (χ4v) is 2.86. The number of rotatable bonds is 3. The van der Waals surface area contributed by atoms with Gasteiger partial charge in [-0.2, -0.15) is 0 Å². The molecule has 1 aliphatic rings. The zero-order chi connectivity index (χ0) is 15.6. The van der Waals surface area contributed by atoms with Gasteiger partial charge in [0.2, 0.25) is 0 Å². The molecule has 114 valence electrons. The molecule has 1 N–H and O–H groups in total. The van der Waals surface area contributed by atoms with Crippen LogP contribution in [-0.4, -0.2) is 39.8 Å². The Balaban J connectivity index is 2.43. The normalized spacial score (nSPS) is 22.0. The third kappa shape index (κ3) is 2.96. The Morgan fingerprint density at radius 1 is 1.43 bits per heavy atom. The summed E-state index contributed by atoms with van der Waals surface area (Å²) in [5, 5.41) is 14.0. The fraction of sp³-hybridized carbons (Fsp3) is 0.571. The average Bonchev–Trinajstić information content (AvgIpc) is 2.46. The second-order valence-electron chi connectivity index (χ2n) is 5.44. The van der Waals surface area contributed by atoms with Crippen molar-refractivity contribution in [2.24, 2.45) is 0 Å². The van der Waals surface area contributed by atoms with Crippen molar-refractivity contribution in [2.45, 2.75) is 45.2 Å². The molecule has 1 amide bonds. The first kappa shape index (κ1) is 15.2. The lowest BCUT2D eigenvalue weighted by Crippen LogP contribution is -2.47. The molecule has 1 aliphatic heterocycles. The smallest absolute Gasteiger partial charge is 0.300 e. The Hall–Kier alpha value is -2.18. The molecular weight excluding hydrogens is 272 g/mol. The molecule has 21 heavy (non-hydrogen) atoms. The van der Waals surface area contributed by atoms with E-state index in [0.29, 0.717) is 5.82 Å². The van der Waals surface area contributed by atoms with Gasteiger partial charge in [-0.05, 0) is 33.1 Å². The van der Waals surface area contributed by atoms with E-state index in [4.69, 9.17) is 0 Å². The molecule has 7 nitrogen and oxygen atoms in total. The van der Waals surface area contributed by atoms with Crippen LogP contribution in [0.5, 0.6) is 0 Å². The molecule has 1 aromatic heterocycles. The number of hydrogen-bond acceptors (Lipinski definition) is 5. The van der Waals surface area contributed by atoms with Crippen LogP contribution in [0.3, 0.4) is 0 Å².